The minimum atomic E-state index is -0.484. The molecule has 0 bridgehead atoms. The third kappa shape index (κ3) is 1.53. The molecule has 68 valence electrons. The van der Waals surface area contributed by atoms with Gasteiger partial charge in [0.25, 0.3) is 0 Å². The van der Waals surface area contributed by atoms with Gasteiger partial charge in [-0.05, 0) is 11.6 Å². The Morgan fingerprint density at radius 1 is 1.21 bits per heavy atom. The average molecular weight is 183 g/mol. The molecule has 1 aliphatic rings. The molecule has 0 aromatic heterocycles. The van der Waals surface area contributed by atoms with Gasteiger partial charge in [0.05, 0.1) is 6.26 Å². The second-order valence-corrected chi connectivity index (χ2v) is 2.96. The first-order valence-electron chi connectivity index (χ1n) is 4.39. The summed E-state index contributed by atoms with van der Waals surface area (Å²) in [6, 6.07) is 11.9. The van der Waals surface area contributed by atoms with E-state index in [2.05, 4.69) is 6.07 Å². The zero-order chi connectivity index (χ0) is 9.80. The van der Waals surface area contributed by atoms with E-state index in [4.69, 9.17) is 10.00 Å². The maximum absolute atomic E-state index is 8.87. The van der Waals surface area contributed by atoms with E-state index in [-0.39, 0.29) is 0 Å². The van der Waals surface area contributed by atoms with E-state index in [9.17, 15) is 0 Å². The first-order chi connectivity index (χ1) is 6.92. The lowest BCUT2D eigenvalue weighted by Gasteiger charge is -2.16. The van der Waals surface area contributed by atoms with Crippen LogP contribution in [-0.2, 0) is 4.74 Å². The summed E-state index contributed by atoms with van der Waals surface area (Å²) in [5, 5.41) is 8.87. The van der Waals surface area contributed by atoms with Crippen LogP contribution in [0.5, 0.6) is 0 Å². The zero-order valence-corrected chi connectivity index (χ0v) is 7.55. The van der Waals surface area contributed by atoms with Crippen LogP contribution < -0.4 is 0 Å². The van der Waals surface area contributed by atoms with E-state index < -0.39 is 6.10 Å². The second kappa shape index (κ2) is 3.80. The van der Waals surface area contributed by atoms with E-state index in [0.717, 1.165) is 11.1 Å². The van der Waals surface area contributed by atoms with Crippen molar-refractivity contribution < 1.29 is 4.74 Å². The van der Waals surface area contributed by atoms with Crippen LogP contribution >= 0.6 is 0 Å². The SMILES string of the molecule is N#CC1OC=CC=C1c1ccccc1. The summed E-state index contributed by atoms with van der Waals surface area (Å²) in [5.41, 5.74) is 1.94. The fourth-order valence-electron chi connectivity index (χ4n) is 1.41. The third-order valence-corrected chi connectivity index (χ3v) is 2.08. The van der Waals surface area contributed by atoms with E-state index in [1.165, 1.54) is 0 Å². The zero-order valence-electron chi connectivity index (χ0n) is 7.55. The number of hydrogen-bond donors (Lipinski definition) is 0. The van der Waals surface area contributed by atoms with Gasteiger partial charge in [-0.3, -0.25) is 0 Å². The van der Waals surface area contributed by atoms with Crippen molar-refractivity contribution in [2.75, 3.05) is 0 Å². The molecule has 0 radical (unpaired) electrons. The Morgan fingerprint density at radius 3 is 2.71 bits per heavy atom. The molecule has 0 fully saturated rings. The fraction of sp³-hybridized carbons (Fsp3) is 0.0833. The molecule has 1 heterocycles. The Hall–Kier alpha value is -2.01. The molecule has 1 aliphatic heterocycles. The molecule has 2 rings (SSSR count). The quantitative estimate of drug-likeness (QED) is 0.670. The van der Waals surface area contributed by atoms with Gasteiger partial charge in [0.15, 0.2) is 0 Å². The van der Waals surface area contributed by atoms with Crippen LogP contribution in [0.15, 0.2) is 48.7 Å². The average Bonchev–Trinajstić information content (AvgIpc) is 2.30. The van der Waals surface area contributed by atoms with Gasteiger partial charge >= 0.3 is 0 Å². The summed E-state index contributed by atoms with van der Waals surface area (Å²) in [7, 11) is 0. The standard InChI is InChI=1S/C12H9NO/c13-9-12-11(7-4-8-14-12)10-5-2-1-3-6-10/h1-8,12H. The van der Waals surface area contributed by atoms with Crippen molar-refractivity contribution in [1.82, 2.24) is 0 Å². The van der Waals surface area contributed by atoms with Crippen molar-refractivity contribution in [2.45, 2.75) is 6.10 Å². The van der Waals surface area contributed by atoms with Crippen molar-refractivity contribution in [2.24, 2.45) is 0 Å². The van der Waals surface area contributed by atoms with E-state index >= 15 is 0 Å². The van der Waals surface area contributed by atoms with Crippen molar-refractivity contribution in [3.05, 3.63) is 54.3 Å². The summed E-state index contributed by atoms with van der Waals surface area (Å²) in [5.74, 6) is 0. The normalized spacial score (nSPS) is 19.4. The van der Waals surface area contributed by atoms with Crippen LogP contribution in [-0.4, -0.2) is 6.10 Å². The molecule has 1 atom stereocenters. The van der Waals surface area contributed by atoms with Crippen LogP contribution in [0.4, 0.5) is 0 Å². The minimum Gasteiger partial charge on any atom is -0.478 e. The van der Waals surface area contributed by atoms with Gasteiger partial charge in [0.1, 0.15) is 6.07 Å². The van der Waals surface area contributed by atoms with Gasteiger partial charge in [-0.25, -0.2) is 0 Å². The Morgan fingerprint density at radius 2 is 2.00 bits per heavy atom. The van der Waals surface area contributed by atoms with Crippen LogP contribution in [0, 0.1) is 11.3 Å². The van der Waals surface area contributed by atoms with E-state index in [0.29, 0.717) is 0 Å². The highest BCUT2D eigenvalue weighted by Crippen LogP contribution is 2.23. The smallest absolute Gasteiger partial charge is 0.209 e. The molecule has 0 saturated heterocycles. The number of hydrogen-bond acceptors (Lipinski definition) is 2. The Balaban J connectivity index is 2.38. The molecular weight excluding hydrogens is 174 g/mol. The van der Waals surface area contributed by atoms with Crippen LogP contribution in [0.3, 0.4) is 0 Å². The van der Waals surface area contributed by atoms with Gasteiger partial charge in [0, 0.05) is 5.57 Å². The van der Waals surface area contributed by atoms with Gasteiger partial charge in [-0.2, -0.15) is 5.26 Å². The molecule has 1 unspecified atom stereocenters. The van der Waals surface area contributed by atoms with Crippen LogP contribution in [0.2, 0.25) is 0 Å². The summed E-state index contributed by atoms with van der Waals surface area (Å²) in [4.78, 5) is 0. The lowest BCUT2D eigenvalue weighted by molar-refractivity contribution is 0.238. The first-order valence-corrected chi connectivity index (χ1v) is 4.39. The van der Waals surface area contributed by atoms with Crippen molar-refractivity contribution in [3.8, 4) is 6.07 Å². The lowest BCUT2D eigenvalue weighted by Crippen LogP contribution is -2.11. The minimum absolute atomic E-state index is 0.484. The Bertz CT molecular complexity index is 412. The maximum atomic E-state index is 8.87. The number of allylic oxidation sites excluding steroid dienone is 2. The fourth-order valence-corrected chi connectivity index (χ4v) is 1.41. The predicted octanol–water partition coefficient (Wildman–Crippen LogP) is 2.51. The molecule has 0 amide bonds. The topological polar surface area (TPSA) is 33.0 Å². The lowest BCUT2D eigenvalue weighted by atomic mass is 10.00. The molecule has 2 heteroatoms. The summed E-state index contributed by atoms with van der Waals surface area (Å²) < 4.78 is 5.18. The second-order valence-electron chi connectivity index (χ2n) is 2.96. The molecule has 1 aromatic carbocycles. The van der Waals surface area contributed by atoms with Crippen molar-refractivity contribution in [1.29, 1.82) is 5.26 Å². The Kier molecular flexibility index (Phi) is 2.33. The maximum Gasteiger partial charge on any atom is 0.209 e. The molecule has 1 aromatic rings. The number of benzene rings is 1. The molecule has 0 N–H and O–H groups in total. The number of nitriles is 1. The summed E-state index contributed by atoms with van der Waals surface area (Å²) >= 11 is 0. The monoisotopic (exact) mass is 183 g/mol. The van der Waals surface area contributed by atoms with Gasteiger partial charge < -0.3 is 4.74 Å². The third-order valence-electron chi connectivity index (χ3n) is 2.08. The van der Waals surface area contributed by atoms with Crippen molar-refractivity contribution in [3.63, 3.8) is 0 Å². The van der Waals surface area contributed by atoms with Gasteiger partial charge in [0.2, 0.25) is 6.10 Å². The largest absolute Gasteiger partial charge is 0.478 e. The van der Waals surface area contributed by atoms with Crippen LogP contribution in [0.1, 0.15) is 5.56 Å². The van der Waals surface area contributed by atoms with Gasteiger partial charge in [-0.1, -0.05) is 36.4 Å². The highest BCUT2D eigenvalue weighted by molar-refractivity contribution is 5.73. The number of ether oxygens (including phenoxy) is 1. The molecule has 0 spiro atoms. The Labute approximate surface area is 82.7 Å². The molecule has 2 nitrogen and oxygen atoms in total. The highest BCUT2D eigenvalue weighted by atomic mass is 16.5. The first kappa shape index (κ1) is 8.58. The molecule has 0 saturated carbocycles. The highest BCUT2D eigenvalue weighted by Gasteiger charge is 2.16. The number of rotatable bonds is 1. The van der Waals surface area contributed by atoms with Crippen molar-refractivity contribution >= 4 is 5.57 Å². The van der Waals surface area contributed by atoms with Crippen LogP contribution in [0.25, 0.3) is 5.57 Å². The summed E-state index contributed by atoms with van der Waals surface area (Å²) in [6.07, 6.45) is 4.77. The molecule has 14 heavy (non-hydrogen) atoms. The van der Waals surface area contributed by atoms with E-state index in [1.54, 1.807) is 12.3 Å². The summed E-state index contributed by atoms with van der Waals surface area (Å²) in [6.45, 7) is 0. The predicted molar refractivity (Wildman–Crippen MR) is 54.0 cm³/mol. The number of nitrogens with zero attached hydrogens (tertiary/aromatic N) is 1. The van der Waals surface area contributed by atoms with Gasteiger partial charge in [-0.15, -0.1) is 0 Å². The molecule has 0 aliphatic carbocycles. The molecular formula is C12H9NO. The van der Waals surface area contributed by atoms with E-state index in [1.807, 2.05) is 36.4 Å².